The number of ether oxygens (including phenoxy) is 1. The molecule has 11 rings (SSSR count). The van der Waals surface area contributed by atoms with E-state index >= 15 is 0 Å². The Labute approximate surface area is 502 Å². The van der Waals surface area contributed by atoms with Gasteiger partial charge < -0.3 is 25.2 Å². The van der Waals surface area contributed by atoms with Crippen LogP contribution >= 0.6 is 0 Å². The Kier molecular flexibility index (Phi) is 20.6. The Hall–Kier alpha value is -10.7. The van der Waals surface area contributed by atoms with Gasteiger partial charge in [0.25, 0.3) is 0 Å². The standard InChI is InChI=1S/C25H18O3.C19H20O3.C15H12O4.C15H14O3/c1-16-14-15-22(18-9-3-2-8-17(16)18)24(26)21-12-6-4-10-19(21)20-11-5-7-13-23(20)25(27)28;1-12-10-11-16(14-7-3-2-6-13(12)14)18(20)15-8-4-5-9-17(15)19(21)22;1-19-14-8-6-11(13(16)7-9-15(17)18)10-4-2-3-5-12(10)14;1-10-6-7-13(14(16)8-9-15(17)18)12-5-3-2-4-11(10)12/h2-15H,1H3,(H,27,28);2-3,6-7,10-11,15,17H,4-5,8-9H2,1H3,(H,21,22);2-9H,1H3,(H,17,18);2-7H,8-9H2,1H3,(H,17,18)/b;;9-7-;. The highest BCUT2D eigenvalue weighted by molar-refractivity contribution is 6.20. The molecular formula is C74H64O13. The van der Waals surface area contributed by atoms with Crippen molar-refractivity contribution in [1.29, 1.82) is 0 Å². The Bertz CT molecular complexity index is 4320. The number of carboxylic acids is 4. The number of aliphatic carboxylic acids is 3. The van der Waals surface area contributed by atoms with Crippen molar-refractivity contribution in [1.82, 2.24) is 0 Å². The maximum absolute atomic E-state index is 13.5. The van der Waals surface area contributed by atoms with E-state index in [1.807, 2.05) is 148 Å². The Balaban J connectivity index is 0.000000153. The fourth-order valence-electron chi connectivity index (χ4n) is 11.2. The molecule has 0 aromatic heterocycles. The first-order valence-corrected chi connectivity index (χ1v) is 28.3. The van der Waals surface area contributed by atoms with Crippen LogP contribution in [0.5, 0.6) is 5.75 Å². The van der Waals surface area contributed by atoms with Gasteiger partial charge in [-0.1, -0.05) is 189 Å². The Morgan fingerprint density at radius 3 is 1.33 bits per heavy atom. The van der Waals surface area contributed by atoms with Gasteiger partial charge in [-0.05, 0) is 123 Å². The topological polar surface area (TPSA) is 227 Å². The lowest BCUT2D eigenvalue weighted by atomic mass is 9.75. The van der Waals surface area contributed by atoms with Crippen LogP contribution in [-0.2, 0) is 14.4 Å². The van der Waals surface area contributed by atoms with Gasteiger partial charge in [0.2, 0.25) is 0 Å². The number of hydrogen-bond acceptors (Lipinski definition) is 9. The van der Waals surface area contributed by atoms with Crippen molar-refractivity contribution in [2.45, 2.75) is 59.3 Å². The molecule has 0 radical (unpaired) electrons. The predicted octanol–water partition coefficient (Wildman–Crippen LogP) is 15.8. The van der Waals surface area contributed by atoms with E-state index in [-0.39, 0.29) is 41.5 Å². The van der Waals surface area contributed by atoms with Crippen molar-refractivity contribution in [2.75, 3.05) is 7.11 Å². The van der Waals surface area contributed by atoms with Crippen LogP contribution in [0.2, 0.25) is 0 Å². The number of carboxylic acid groups (broad SMARTS) is 4. The van der Waals surface area contributed by atoms with Crippen LogP contribution in [0.3, 0.4) is 0 Å². The number of benzene rings is 10. The van der Waals surface area contributed by atoms with E-state index in [2.05, 4.69) is 0 Å². The van der Waals surface area contributed by atoms with Gasteiger partial charge in [0.15, 0.2) is 23.1 Å². The Morgan fingerprint density at radius 1 is 0.414 bits per heavy atom. The molecule has 1 saturated carbocycles. The van der Waals surface area contributed by atoms with Crippen LogP contribution in [0.25, 0.3) is 54.2 Å². The minimum absolute atomic E-state index is 0.0108. The number of allylic oxidation sites excluding steroid dienone is 1. The molecule has 0 bridgehead atoms. The number of fused-ring (bicyclic) bond motifs is 4. The van der Waals surface area contributed by atoms with E-state index in [0.717, 1.165) is 84.8 Å². The monoisotopic (exact) mass is 1160 g/mol. The first-order chi connectivity index (χ1) is 41.9. The van der Waals surface area contributed by atoms with Crippen LogP contribution < -0.4 is 4.74 Å². The lowest BCUT2D eigenvalue weighted by molar-refractivity contribution is -0.144. The van der Waals surface area contributed by atoms with Gasteiger partial charge in [-0.15, -0.1) is 0 Å². The van der Waals surface area contributed by atoms with Crippen LogP contribution in [0, 0.1) is 32.6 Å². The SMILES string of the molecule is COc1ccc(C(=O)/C=C\C(=O)O)c2ccccc12.Cc1ccc(C(=O)C2CCCCC2C(=O)O)c2ccccc12.Cc1ccc(C(=O)CCC(=O)O)c2ccccc12.Cc1ccc(C(=O)c2ccccc2-c2ccccc2C(=O)O)c2ccccc12. The second-order valence-electron chi connectivity index (χ2n) is 21.1. The first kappa shape index (κ1) is 62.4. The highest BCUT2D eigenvalue weighted by Crippen LogP contribution is 2.36. The summed E-state index contributed by atoms with van der Waals surface area (Å²) in [5.41, 5.74) is 7.52. The molecule has 87 heavy (non-hydrogen) atoms. The van der Waals surface area contributed by atoms with E-state index in [1.165, 1.54) is 0 Å². The van der Waals surface area contributed by atoms with E-state index in [4.69, 9.17) is 14.9 Å². The molecule has 2 unspecified atom stereocenters. The number of hydrogen-bond donors (Lipinski definition) is 4. The summed E-state index contributed by atoms with van der Waals surface area (Å²) in [6, 6.07) is 59.2. The summed E-state index contributed by atoms with van der Waals surface area (Å²) in [5, 5.41) is 43.6. The van der Waals surface area contributed by atoms with E-state index in [0.29, 0.717) is 57.5 Å². The highest BCUT2D eigenvalue weighted by atomic mass is 16.5. The minimum atomic E-state index is -1.15. The summed E-state index contributed by atoms with van der Waals surface area (Å²) in [6.07, 6.45) is 4.92. The van der Waals surface area contributed by atoms with E-state index in [9.17, 15) is 48.6 Å². The smallest absolute Gasteiger partial charge is 0.336 e. The predicted molar refractivity (Wildman–Crippen MR) is 339 cm³/mol. The molecule has 438 valence electrons. The molecule has 13 nitrogen and oxygen atoms in total. The number of carbonyl (C=O) groups is 8. The fraction of sp³-hybridized carbons (Fsp3) is 0.162. The molecule has 13 heteroatoms. The number of ketones is 4. The lowest BCUT2D eigenvalue weighted by Crippen LogP contribution is -2.32. The van der Waals surface area contributed by atoms with Gasteiger partial charge in [0, 0.05) is 51.6 Å². The molecule has 0 amide bonds. The van der Waals surface area contributed by atoms with Gasteiger partial charge in [-0.3, -0.25) is 28.8 Å². The summed E-state index contributed by atoms with van der Waals surface area (Å²) in [5.74, 6) is -4.79. The number of Topliss-reactive ketones (excluding diaryl/α,β-unsaturated/α-hetero) is 2. The normalized spacial score (nSPS) is 13.5. The molecule has 0 spiro atoms. The van der Waals surface area contributed by atoms with Gasteiger partial charge in [0.05, 0.1) is 25.0 Å². The van der Waals surface area contributed by atoms with Crippen LogP contribution in [0.4, 0.5) is 0 Å². The third-order valence-electron chi connectivity index (χ3n) is 15.6. The summed E-state index contributed by atoms with van der Waals surface area (Å²) < 4.78 is 5.24. The third kappa shape index (κ3) is 14.6. The van der Waals surface area contributed by atoms with Gasteiger partial charge in [0.1, 0.15) is 5.75 Å². The lowest BCUT2D eigenvalue weighted by Gasteiger charge is -2.27. The molecule has 10 aromatic carbocycles. The van der Waals surface area contributed by atoms with Crippen molar-refractivity contribution in [3.8, 4) is 16.9 Å². The van der Waals surface area contributed by atoms with Gasteiger partial charge in [-0.2, -0.15) is 0 Å². The Morgan fingerprint density at radius 2 is 0.828 bits per heavy atom. The summed E-state index contributed by atoms with van der Waals surface area (Å²) in [4.78, 5) is 94.5. The highest BCUT2D eigenvalue weighted by Gasteiger charge is 2.36. The minimum Gasteiger partial charge on any atom is -0.496 e. The average molecular weight is 1160 g/mol. The molecule has 0 aliphatic heterocycles. The fourth-order valence-corrected chi connectivity index (χ4v) is 11.2. The molecule has 0 saturated heterocycles. The number of carbonyl (C=O) groups excluding carboxylic acids is 4. The van der Waals surface area contributed by atoms with Crippen molar-refractivity contribution in [2.24, 2.45) is 11.8 Å². The zero-order chi connectivity index (χ0) is 62.3. The maximum atomic E-state index is 13.5. The van der Waals surface area contributed by atoms with Crippen LogP contribution in [0.15, 0.2) is 206 Å². The van der Waals surface area contributed by atoms with Crippen molar-refractivity contribution >= 4 is 90.1 Å². The molecule has 1 fully saturated rings. The summed E-state index contributed by atoms with van der Waals surface area (Å²) in [7, 11) is 1.56. The third-order valence-corrected chi connectivity index (χ3v) is 15.6. The quantitative estimate of drug-likeness (QED) is 0.0554. The van der Waals surface area contributed by atoms with Crippen molar-refractivity contribution in [3.63, 3.8) is 0 Å². The number of rotatable bonds is 15. The van der Waals surface area contributed by atoms with Crippen molar-refractivity contribution in [3.05, 3.63) is 256 Å². The molecule has 4 N–H and O–H groups in total. The number of aromatic carboxylic acids is 1. The van der Waals surface area contributed by atoms with E-state index in [1.54, 1.807) is 73.8 Å². The average Bonchev–Trinajstić information content (AvgIpc) is 1.84. The van der Waals surface area contributed by atoms with Gasteiger partial charge >= 0.3 is 23.9 Å². The molecule has 2 atom stereocenters. The van der Waals surface area contributed by atoms with Gasteiger partial charge in [-0.25, -0.2) is 9.59 Å². The zero-order valence-electron chi connectivity index (χ0n) is 48.5. The largest absolute Gasteiger partial charge is 0.496 e. The van der Waals surface area contributed by atoms with Crippen molar-refractivity contribution < 1.29 is 63.5 Å². The molecule has 1 aliphatic carbocycles. The van der Waals surface area contributed by atoms with E-state index < -0.39 is 35.7 Å². The molecule has 0 heterocycles. The molecule has 10 aromatic rings. The second-order valence-corrected chi connectivity index (χ2v) is 21.1. The van der Waals surface area contributed by atoms with Crippen LogP contribution in [-0.4, -0.2) is 74.5 Å². The number of aryl methyl sites for hydroxylation is 3. The maximum Gasteiger partial charge on any atom is 0.336 e. The van der Waals surface area contributed by atoms with Crippen LogP contribution in [0.1, 0.15) is 113 Å². The second kappa shape index (κ2) is 28.8. The zero-order valence-corrected chi connectivity index (χ0v) is 48.5. The summed E-state index contributed by atoms with van der Waals surface area (Å²) in [6.45, 7) is 6.04. The summed E-state index contributed by atoms with van der Waals surface area (Å²) >= 11 is 0. The molecular weight excluding hydrogens is 1100 g/mol. The molecule has 1 aliphatic rings. The first-order valence-electron chi connectivity index (χ1n) is 28.3. The number of methoxy groups -OCH3 is 1.